The SMILES string of the molecule is CC(C)C(=O)NCC1CCCN(C(=O)c2ccc3c(c2)OCO3)C1. The molecule has 24 heavy (non-hydrogen) atoms. The molecule has 0 saturated carbocycles. The largest absolute Gasteiger partial charge is 0.454 e. The minimum Gasteiger partial charge on any atom is -0.454 e. The third-order valence-electron chi connectivity index (χ3n) is 4.52. The Hall–Kier alpha value is -2.24. The molecule has 1 unspecified atom stereocenters. The maximum atomic E-state index is 12.7. The van der Waals surface area contributed by atoms with E-state index in [-0.39, 0.29) is 24.5 Å². The predicted octanol–water partition coefficient (Wildman–Crippen LogP) is 2.04. The molecule has 0 bridgehead atoms. The van der Waals surface area contributed by atoms with Crippen molar-refractivity contribution in [3.05, 3.63) is 23.8 Å². The topological polar surface area (TPSA) is 67.9 Å². The Kier molecular flexibility index (Phi) is 4.92. The van der Waals surface area contributed by atoms with Crippen LogP contribution in [0.25, 0.3) is 0 Å². The van der Waals surface area contributed by atoms with Crippen LogP contribution in [0, 0.1) is 11.8 Å². The Morgan fingerprint density at radius 2 is 2.08 bits per heavy atom. The fourth-order valence-electron chi connectivity index (χ4n) is 3.08. The van der Waals surface area contributed by atoms with Crippen LogP contribution in [-0.2, 0) is 4.79 Å². The maximum absolute atomic E-state index is 12.7. The number of rotatable bonds is 4. The highest BCUT2D eigenvalue weighted by molar-refractivity contribution is 5.95. The second kappa shape index (κ2) is 7.11. The third-order valence-corrected chi connectivity index (χ3v) is 4.52. The van der Waals surface area contributed by atoms with E-state index in [4.69, 9.17) is 9.47 Å². The number of hydrogen-bond donors (Lipinski definition) is 1. The highest BCUT2D eigenvalue weighted by Gasteiger charge is 2.26. The molecular weight excluding hydrogens is 308 g/mol. The van der Waals surface area contributed by atoms with E-state index in [2.05, 4.69) is 5.32 Å². The van der Waals surface area contributed by atoms with E-state index >= 15 is 0 Å². The van der Waals surface area contributed by atoms with Gasteiger partial charge in [0.15, 0.2) is 11.5 Å². The Morgan fingerprint density at radius 1 is 1.29 bits per heavy atom. The van der Waals surface area contributed by atoms with E-state index < -0.39 is 0 Å². The van der Waals surface area contributed by atoms with Gasteiger partial charge in [0.2, 0.25) is 12.7 Å². The van der Waals surface area contributed by atoms with Crippen LogP contribution in [0.5, 0.6) is 11.5 Å². The maximum Gasteiger partial charge on any atom is 0.254 e. The van der Waals surface area contributed by atoms with Gasteiger partial charge in [-0.1, -0.05) is 13.8 Å². The van der Waals surface area contributed by atoms with E-state index in [1.165, 1.54) is 0 Å². The van der Waals surface area contributed by atoms with Crippen LogP contribution in [0.4, 0.5) is 0 Å². The third kappa shape index (κ3) is 3.63. The number of likely N-dealkylation sites (tertiary alicyclic amines) is 1. The molecule has 0 aromatic heterocycles. The van der Waals surface area contributed by atoms with Crippen LogP contribution in [0.2, 0.25) is 0 Å². The first kappa shape index (κ1) is 16.6. The molecular formula is C18H24N2O4. The zero-order chi connectivity index (χ0) is 17.1. The van der Waals surface area contributed by atoms with Gasteiger partial charge in [-0.15, -0.1) is 0 Å². The molecule has 2 heterocycles. The number of carbonyl (C=O) groups excluding carboxylic acids is 2. The lowest BCUT2D eigenvalue weighted by molar-refractivity contribution is -0.124. The normalized spacial score (nSPS) is 19.5. The molecule has 2 amide bonds. The Bertz CT molecular complexity index is 629. The molecule has 1 aromatic carbocycles. The summed E-state index contributed by atoms with van der Waals surface area (Å²) in [5.74, 6) is 1.67. The van der Waals surface area contributed by atoms with Crippen molar-refractivity contribution in [1.29, 1.82) is 0 Å². The number of nitrogens with zero attached hydrogens (tertiary/aromatic N) is 1. The summed E-state index contributed by atoms with van der Waals surface area (Å²) in [5, 5.41) is 2.97. The smallest absolute Gasteiger partial charge is 0.254 e. The van der Waals surface area contributed by atoms with Crippen molar-refractivity contribution in [3.63, 3.8) is 0 Å². The van der Waals surface area contributed by atoms with E-state index in [1.54, 1.807) is 18.2 Å². The number of hydrogen-bond acceptors (Lipinski definition) is 4. The molecule has 1 atom stereocenters. The van der Waals surface area contributed by atoms with Gasteiger partial charge in [0.25, 0.3) is 5.91 Å². The van der Waals surface area contributed by atoms with Gasteiger partial charge >= 0.3 is 0 Å². The summed E-state index contributed by atoms with van der Waals surface area (Å²) < 4.78 is 10.6. The van der Waals surface area contributed by atoms with Crippen LogP contribution in [0.15, 0.2) is 18.2 Å². The summed E-state index contributed by atoms with van der Waals surface area (Å²) in [7, 11) is 0. The van der Waals surface area contributed by atoms with Crippen LogP contribution in [-0.4, -0.2) is 43.1 Å². The number of benzene rings is 1. The summed E-state index contributed by atoms with van der Waals surface area (Å²) in [6, 6.07) is 5.30. The summed E-state index contributed by atoms with van der Waals surface area (Å²) in [6.07, 6.45) is 1.99. The lowest BCUT2D eigenvalue weighted by Gasteiger charge is -2.33. The predicted molar refractivity (Wildman–Crippen MR) is 89.0 cm³/mol. The molecule has 6 heteroatoms. The summed E-state index contributed by atoms with van der Waals surface area (Å²) >= 11 is 0. The average molecular weight is 332 g/mol. The van der Waals surface area contributed by atoms with E-state index in [1.807, 2.05) is 18.7 Å². The molecule has 6 nitrogen and oxygen atoms in total. The number of fused-ring (bicyclic) bond motifs is 1. The van der Waals surface area contributed by atoms with Crippen molar-refractivity contribution < 1.29 is 19.1 Å². The highest BCUT2D eigenvalue weighted by atomic mass is 16.7. The second-order valence-corrected chi connectivity index (χ2v) is 6.73. The molecule has 0 spiro atoms. The fraction of sp³-hybridized carbons (Fsp3) is 0.556. The number of ether oxygens (including phenoxy) is 2. The number of carbonyl (C=O) groups is 2. The molecule has 3 rings (SSSR count). The van der Waals surface area contributed by atoms with Crippen LogP contribution < -0.4 is 14.8 Å². The minimum absolute atomic E-state index is 0.00758. The molecule has 1 N–H and O–H groups in total. The van der Waals surface area contributed by atoms with Crippen LogP contribution >= 0.6 is 0 Å². The van der Waals surface area contributed by atoms with Crippen molar-refractivity contribution in [1.82, 2.24) is 10.2 Å². The molecule has 1 saturated heterocycles. The van der Waals surface area contributed by atoms with E-state index in [9.17, 15) is 9.59 Å². The van der Waals surface area contributed by atoms with Crippen molar-refractivity contribution in [2.45, 2.75) is 26.7 Å². The number of amides is 2. The van der Waals surface area contributed by atoms with Gasteiger partial charge in [-0.25, -0.2) is 0 Å². The zero-order valence-electron chi connectivity index (χ0n) is 14.2. The molecule has 0 aliphatic carbocycles. The lowest BCUT2D eigenvalue weighted by atomic mass is 9.97. The van der Waals surface area contributed by atoms with Gasteiger partial charge in [-0.05, 0) is 37.0 Å². The number of nitrogens with one attached hydrogen (secondary N) is 1. The summed E-state index contributed by atoms with van der Waals surface area (Å²) in [4.78, 5) is 26.3. The Labute approximate surface area is 142 Å². The highest BCUT2D eigenvalue weighted by Crippen LogP contribution is 2.33. The zero-order valence-corrected chi connectivity index (χ0v) is 14.2. The van der Waals surface area contributed by atoms with Crippen molar-refractivity contribution >= 4 is 11.8 Å². The standard InChI is InChI=1S/C18H24N2O4/c1-12(2)17(21)19-9-13-4-3-7-20(10-13)18(22)14-5-6-15-16(8-14)24-11-23-15/h5-6,8,12-13H,3-4,7,9-11H2,1-2H3,(H,19,21). The van der Waals surface area contributed by atoms with Gasteiger partial charge < -0.3 is 19.7 Å². The average Bonchev–Trinajstić information content (AvgIpc) is 3.06. The lowest BCUT2D eigenvalue weighted by Crippen LogP contribution is -2.44. The summed E-state index contributed by atoms with van der Waals surface area (Å²) in [6.45, 7) is 6.02. The van der Waals surface area contributed by atoms with Crippen molar-refractivity contribution in [2.24, 2.45) is 11.8 Å². The monoisotopic (exact) mass is 332 g/mol. The molecule has 0 radical (unpaired) electrons. The second-order valence-electron chi connectivity index (χ2n) is 6.73. The number of piperidine rings is 1. The first-order valence-electron chi connectivity index (χ1n) is 8.51. The van der Waals surface area contributed by atoms with E-state index in [0.29, 0.717) is 36.1 Å². The minimum atomic E-state index is -0.0139. The molecule has 1 aromatic rings. The quantitative estimate of drug-likeness (QED) is 0.916. The van der Waals surface area contributed by atoms with Gasteiger partial charge in [-0.3, -0.25) is 9.59 Å². The molecule has 2 aliphatic heterocycles. The van der Waals surface area contributed by atoms with E-state index in [0.717, 1.165) is 19.4 Å². The Balaban J connectivity index is 1.60. The van der Waals surface area contributed by atoms with Gasteiger partial charge in [-0.2, -0.15) is 0 Å². The fourth-order valence-corrected chi connectivity index (χ4v) is 3.08. The Morgan fingerprint density at radius 3 is 2.88 bits per heavy atom. The van der Waals surface area contributed by atoms with Crippen molar-refractivity contribution in [3.8, 4) is 11.5 Å². The first-order valence-corrected chi connectivity index (χ1v) is 8.51. The summed E-state index contributed by atoms with van der Waals surface area (Å²) in [5.41, 5.74) is 0.617. The van der Waals surface area contributed by atoms with Gasteiger partial charge in [0.1, 0.15) is 0 Å². The van der Waals surface area contributed by atoms with Crippen LogP contribution in [0.3, 0.4) is 0 Å². The van der Waals surface area contributed by atoms with Gasteiger partial charge in [0, 0.05) is 31.1 Å². The molecule has 130 valence electrons. The molecule has 2 aliphatic rings. The molecule has 1 fully saturated rings. The van der Waals surface area contributed by atoms with Crippen molar-refractivity contribution in [2.75, 3.05) is 26.4 Å². The van der Waals surface area contributed by atoms with Crippen LogP contribution in [0.1, 0.15) is 37.0 Å². The van der Waals surface area contributed by atoms with Gasteiger partial charge in [0.05, 0.1) is 0 Å². The first-order chi connectivity index (χ1) is 11.5.